The van der Waals surface area contributed by atoms with Gasteiger partial charge in [-0.25, -0.2) is 0 Å². The summed E-state index contributed by atoms with van der Waals surface area (Å²) in [6.45, 7) is 8.41. The minimum atomic E-state index is -0.340. The summed E-state index contributed by atoms with van der Waals surface area (Å²) in [6.07, 6.45) is 0.723. The number of carbonyl (C=O) groups is 3. The van der Waals surface area contributed by atoms with E-state index in [1.165, 1.54) is 6.92 Å². The van der Waals surface area contributed by atoms with Gasteiger partial charge in [-0.05, 0) is 38.3 Å². The maximum absolute atomic E-state index is 12.6. The van der Waals surface area contributed by atoms with Crippen molar-refractivity contribution in [2.45, 2.75) is 40.5 Å². The highest BCUT2D eigenvalue weighted by atomic mass is 16.5. The van der Waals surface area contributed by atoms with E-state index < -0.39 is 0 Å². The summed E-state index contributed by atoms with van der Waals surface area (Å²) in [6, 6.07) is 5.80. The number of hydrogen-bond donors (Lipinski definition) is 1. The molecule has 7 heteroatoms. The minimum Gasteiger partial charge on any atom is -0.483 e. The molecular weight excluding hydrogens is 348 g/mol. The van der Waals surface area contributed by atoms with E-state index in [-0.39, 0.29) is 37.4 Å². The molecule has 0 aliphatic carbocycles. The highest BCUT2D eigenvalue weighted by Crippen LogP contribution is 2.22. The van der Waals surface area contributed by atoms with Gasteiger partial charge >= 0.3 is 5.97 Å². The SMILES string of the molecule is CCOC(=O)CCN(CCCNC(C)=O)C(=O)COc1c(C)cccc1C. The van der Waals surface area contributed by atoms with Crippen LogP contribution in [-0.2, 0) is 19.1 Å². The Balaban J connectivity index is 2.63. The summed E-state index contributed by atoms with van der Waals surface area (Å²) in [5.74, 6) is 0.0461. The molecule has 7 nitrogen and oxygen atoms in total. The number of esters is 1. The Morgan fingerprint density at radius 3 is 2.37 bits per heavy atom. The second kappa shape index (κ2) is 11.9. The zero-order valence-corrected chi connectivity index (χ0v) is 16.7. The molecule has 150 valence electrons. The molecule has 0 heterocycles. The second-order valence-corrected chi connectivity index (χ2v) is 6.28. The van der Waals surface area contributed by atoms with Crippen LogP contribution in [0, 0.1) is 13.8 Å². The van der Waals surface area contributed by atoms with Crippen molar-refractivity contribution in [3.8, 4) is 5.75 Å². The van der Waals surface area contributed by atoms with Crippen molar-refractivity contribution in [1.82, 2.24) is 10.2 Å². The molecule has 0 spiro atoms. The van der Waals surface area contributed by atoms with Crippen LogP contribution in [-0.4, -0.2) is 55.5 Å². The summed E-state index contributed by atoms with van der Waals surface area (Å²) >= 11 is 0. The monoisotopic (exact) mass is 378 g/mol. The van der Waals surface area contributed by atoms with E-state index in [4.69, 9.17) is 9.47 Å². The third-order valence-electron chi connectivity index (χ3n) is 3.97. The lowest BCUT2D eigenvalue weighted by Gasteiger charge is -2.23. The van der Waals surface area contributed by atoms with Crippen LogP contribution in [0.15, 0.2) is 18.2 Å². The van der Waals surface area contributed by atoms with Crippen LogP contribution < -0.4 is 10.1 Å². The minimum absolute atomic E-state index is 0.103. The zero-order valence-electron chi connectivity index (χ0n) is 16.7. The fraction of sp³-hybridized carbons (Fsp3) is 0.550. The lowest BCUT2D eigenvalue weighted by Crippen LogP contribution is -2.38. The molecule has 0 saturated carbocycles. The molecule has 27 heavy (non-hydrogen) atoms. The van der Waals surface area contributed by atoms with Gasteiger partial charge in [0.1, 0.15) is 5.75 Å². The molecule has 1 aromatic rings. The van der Waals surface area contributed by atoms with Gasteiger partial charge in [0.15, 0.2) is 6.61 Å². The molecule has 0 aromatic heterocycles. The van der Waals surface area contributed by atoms with Gasteiger partial charge < -0.3 is 19.7 Å². The predicted molar refractivity (Wildman–Crippen MR) is 103 cm³/mol. The summed E-state index contributed by atoms with van der Waals surface area (Å²) in [7, 11) is 0. The van der Waals surface area contributed by atoms with Crippen LogP contribution in [0.1, 0.15) is 37.8 Å². The van der Waals surface area contributed by atoms with Crippen LogP contribution in [0.3, 0.4) is 0 Å². The number of hydrogen-bond acceptors (Lipinski definition) is 5. The molecule has 1 N–H and O–H groups in total. The van der Waals surface area contributed by atoms with Gasteiger partial charge in [0.25, 0.3) is 5.91 Å². The van der Waals surface area contributed by atoms with Crippen LogP contribution in [0.2, 0.25) is 0 Å². The molecular formula is C20H30N2O5. The van der Waals surface area contributed by atoms with Crippen molar-refractivity contribution in [2.24, 2.45) is 0 Å². The molecule has 0 atom stereocenters. The van der Waals surface area contributed by atoms with Crippen LogP contribution >= 0.6 is 0 Å². The molecule has 0 saturated heterocycles. The van der Waals surface area contributed by atoms with Crippen LogP contribution in [0.25, 0.3) is 0 Å². The molecule has 1 rings (SSSR count). The Morgan fingerprint density at radius 1 is 1.11 bits per heavy atom. The molecule has 2 amide bonds. The zero-order chi connectivity index (χ0) is 20.2. The fourth-order valence-electron chi connectivity index (χ4n) is 2.61. The second-order valence-electron chi connectivity index (χ2n) is 6.28. The van der Waals surface area contributed by atoms with E-state index >= 15 is 0 Å². The number of carbonyl (C=O) groups excluding carboxylic acids is 3. The van der Waals surface area contributed by atoms with Gasteiger partial charge in [-0.1, -0.05) is 18.2 Å². The first-order chi connectivity index (χ1) is 12.8. The van der Waals surface area contributed by atoms with Crippen molar-refractivity contribution in [3.63, 3.8) is 0 Å². The van der Waals surface area contributed by atoms with Crippen molar-refractivity contribution in [1.29, 1.82) is 0 Å². The van der Waals surface area contributed by atoms with E-state index in [9.17, 15) is 14.4 Å². The topological polar surface area (TPSA) is 84.9 Å². The average molecular weight is 378 g/mol. The highest BCUT2D eigenvalue weighted by Gasteiger charge is 2.17. The number of nitrogens with one attached hydrogen (secondary N) is 1. The Hall–Kier alpha value is -2.57. The van der Waals surface area contributed by atoms with Gasteiger partial charge in [-0.3, -0.25) is 14.4 Å². The lowest BCUT2D eigenvalue weighted by molar-refractivity contribution is -0.144. The largest absolute Gasteiger partial charge is 0.483 e. The van der Waals surface area contributed by atoms with Crippen LogP contribution in [0.4, 0.5) is 0 Å². The van der Waals surface area contributed by atoms with Crippen LogP contribution in [0.5, 0.6) is 5.75 Å². The Morgan fingerprint density at radius 2 is 1.78 bits per heavy atom. The number of para-hydroxylation sites is 1. The molecule has 0 unspecified atom stereocenters. The van der Waals surface area contributed by atoms with E-state index in [0.717, 1.165) is 11.1 Å². The Labute approximate surface area is 161 Å². The first kappa shape index (κ1) is 22.5. The highest BCUT2D eigenvalue weighted by molar-refractivity contribution is 5.79. The van der Waals surface area contributed by atoms with Gasteiger partial charge in [0, 0.05) is 26.6 Å². The standard InChI is InChI=1S/C20H30N2O5/c1-5-26-19(25)10-13-22(12-7-11-21-17(4)23)18(24)14-27-20-15(2)8-6-9-16(20)3/h6,8-9H,5,7,10-14H2,1-4H3,(H,21,23). The van der Waals surface area contributed by atoms with Crippen molar-refractivity contribution in [2.75, 3.05) is 32.8 Å². The number of benzene rings is 1. The van der Waals surface area contributed by atoms with E-state index in [1.807, 2.05) is 32.0 Å². The molecule has 0 bridgehead atoms. The van der Waals surface area contributed by atoms with E-state index in [0.29, 0.717) is 31.9 Å². The van der Waals surface area contributed by atoms with Gasteiger partial charge in [-0.15, -0.1) is 0 Å². The quantitative estimate of drug-likeness (QED) is 0.470. The number of rotatable bonds is 11. The molecule has 0 radical (unpaired) electrons. The first-order valence-electron chi connectivity index (χ1n) is 9.22. The number of amides is 2. The van der Waals surface area contributed by atoms with E-state index in [1.54, 1.807) is 11.8 Å². The molecule has 1 aromatic carbocycles. The third-order valence-corrected chi connectivity index (χ3v) is 3.97. The normalized spacial score (nSPS) is 10.2. The van der Waals surface area contributed by atoms with Gasteiger partial charge in [-0.2, -0.15) is 0 Å². The summed E-state index contributed by atoms with van der Waals surface area (Å²) < 4.78 is 10.7. The van der Waals surface area contributed by atoms with E-state index in [2.05, 4.69) is 5.32 Å². The lowest BCUT2D eigenvalue weighted by atomic mass is 10.1. The summed E-state index contributed by atoms with van der Waals surface area (Å²) in [4.78, 5) is 36.7. The molecule has 0 aliphatic rings. The third kappa shape index (κ3) is 8.57. The first-order valence-corrected chi connectivity index (χ1v) is 9.22. The number of nitrogens with zero attached hydrogens (tertiary/aromatic N) is 1. The average Bonchev–Trinajstić information content (AvgIpc) is 2.60. The maximum atomic E-state index is 12.6. The van der Waals surface area contributed by atoms with Crippen molar-refractivity contribution in [3.05, 3.63) is 29.3 Å². The smallest absolute Gasteiger partial charge is 0.307 e. The Bertz CT molecular complexity index is 625. The van der Waals surface area contributed by atoms with Gasteiger partial charge in [0.2, 0.25) is 5.91 Å². The van der Waals surface area contributed by atoms with Crippen molar-refractivity contribution < 1.29 is 23.9 Å². The maximum Gasteiger partial charge on any atom is 0.307 e. The number of ether oxygens (including phenoxy) is 2. The Kier molecular flexibility index (Phi) is 9.93. The summed E-state index contributed by atoms with van der Waals surface area (Å²) in [5.41, 5.74) is 1.93. The summed E-state index contributed by atoms with van der Waals surface area (Å²) in [5, 5.41) is 2.70. The predicted octanol–water partition coefficient (Wildman–Crippen LogP) is 1.99. The number of aryl methyl sites for hydroxylation is 2. The fourth-order valence-corrected chi connectivity index (χ4v) is 2.61. The molecule has 0 aliphatic heterocycles. The van der Waals surface area contributed by atoms with Crippen molar-refractivity contribution >= 4 is 17.8 Å². The van der Waals surface area contributed by atoms with Gasteiger partial charge in [0.05, 0.1) is 13.0 Å². The molecule has 0 fully saturated rings.